The monoisotopic (exact) mass is 324 g/mol. The van der Waals surface area contributed by atoms with Crippen molar-refractivity contribution < 1.29 is 9.53 Å². The minimum atomic E-state index is -0.269. The molecule has 21 heavy (non-hydrogen) atoms. The summed E-state index contributed by atoms with van der Waals surface area (Å²) < 4.78 is 5.07. The second-order valence-corrected chi connectivity index (χ2v) is 5.20. The lowest BCUT2D eigenvalue weighted by molar-refractivity contribution is 0.0951. The van der Waals surface area contributed by atoms with Gasteiger partial charge in [0.05, 0.1) is 22.8 Å². The molecule has 0 spiro atoms. The molecule has 2 rings (SSSR count). The van der Waals surface area contributed by atoms with Crippen molar-refractivity contribution in [3.05, 3.63) is 57.6 Å². The lowest BCUT2D eigenvalue weighted by Crippen LogP contribution is -2.22. The Hall–Kier alpha value is -1.91. The number of ether oxygens (including phenoxy) is 1. The van der Waals surface area contributed by atoms with Crippen molar-refractivity contribution in [2.45, 2.75) is 6.54 Å². The number of carbonyl (C=O) groups is 1. The van der Waals surface area contributed by atoms with Crippen LogP contribution in [-0.2, 0) is 6.54 Å². The summed E-state index contributed by atoms with van der Waals surface area (Å²) >= 11 is 11.8. The molecule has 6 heteroatoms. The van der Waals surface area contributed by atoms with E-state index in [1.54, 1.807) is 7.11 Å². The van der Waals surface area contributed by atoms with Crippen LogP contribution in [0.2, 0.25) is 10.0 Å². The summed E-state index contributed by atoms with van der Waals surface area (Å²) in [7, 11) is 1.60. The molecule has 0 aliphatic rings. The smallest absolute Gasteiger partial charge is 0.251 e. The van der Waals surface area contributed by atoms with Crippen LogP contribution in [0.15, 0.2) is 36.4 Å². The molecular formula is C15H14Cl2N2O2. The Labute approximate surface area is 132 Å². The van der Waals surface area contributed by atoms with E-state index in [0.29, 0.717) is 12.1 Å². The molecule has 2 aromatic carbocycles. The van der Waals surface area contributed by atoms with Gasteiger partial charge in [0.2, 0.25) is 0 Å². The van der Waals surface area contributed by atoms with Crippen molar-refractivity contribution in [2.24, 2.45) is 0 Å². The number of methoxy groups -OCH3 is 1. The van der Waals surface area contributed by atoms with Crippen LogP contribution in [0.3, 0.4) is 0 Å². The average molecular weight is 325 g/mol. The molecule has 0 atom stereocenters. The molecular weight excluding hydrogens is 311 g/mol. The Bertz CT molecular complexity index is 634. The molecule has 1 amide bonds. The number of hydrogen-bond donors (Lipinski definition) is 2. The number of nitrogen functional groups attached to an aromatic ring is 1. The fourth-order valence-electron chi connectivity index (χ4n) is 1.74. The van der Waals surface area contributed by atoms with Crippen LogP contribution >= 0.6 is 23.2 Å². The van der Waals surface area contributed by atoms with Crippen molar-refractivity contribution in [1.82, 2.24) is 5.32 Å². The molecule has 3 N–H and O–H groups in total. The van der Waals surface area contributed by atoms with Gasteiger partial charge >= 0.3 is 0 Å². The highest BCUT2D eigenvalue weighted by Gasteiger charge is 2.11. The first-order valence-electron chi connectivity index (χ1n) is 6.17. The fourth-order valence-corrected chi connectivity index (χ4v) is 2.23. The third-order valence-corrected chi connectivity index (χ3v) is 3.58. The maximum atomic E-state index is 12.1. The SMILES string of the molecule is COc1ccc(CNC(=O)c2cc(Cl)c(N)c(Cl)c2)cc1. The van der Waals surface area contributed by atoms with Crippen molar-refractivity contribution in [3.8, 4) is 5.75 Å². The first-order chi connectivity index (χ1) is 10.0. The Morgan fingerprint density at radius 3 is 2.29 bits per heavy atom. The molecule has 0 saturated carbocycles. The summed E-state index contributed by atoms with van der Waals surface area (Å²) in [5, 5.41) is 3.31. The molecule has 0 bridgehead atoms. The molecule has 0 fully saturated rings. The summed E-state index contributed by atoms with van der Waals surface area (Å²) in [5.41, 5.74) is 7.23. The van der Waals surface area contributed by atoms with E-state index in [4.69, 9.17) is 33.7 Å². The highest BCUT2D eigenvalue weighted by Crippen LogP contribution is 2.28. The summed E-state index contributed by atoms with van der Waals surface area (Å²) in [6.45, 7) is 0.391. The molecule has 0 unspecified atom stereocenters. The molecule has 0 aromatic heterocycles. The van der Waals surface area contributed by atoms with Gasteiger partial charge in [0.25, 0.3) is 5.91 Å². The lowest BCUT2D eigenvalue weighted by Gasteiger charge is -2.08. The van der Waals surface area contributed by atoms with Gasteiger partial charge in [-0.05, 0) is 29.8 Å². The predicted octanol–water partition coefficient (Wildman–Crippen LogP) is 3.51. The van der Waals surface area contributed by atoms with Gasteiger partial charge in [-0.25, -0.2) is 0 Å². The maximum absolute atomic E-state index is 12.1. The zero-order chi connectivity index (χ0) is 15.4. The Kier molecular flexibility index (Phi) is 4.94. The molecule has 0 heterocycles. The number of halogens is 2. The first-order valence-corrected chi connectivity index (χ1v) is 6.92. The molecule has 110 valence electrons. The molecule has 4 nitrogen and oxygen atoms in total. The number of anilines is 1. The number of nitrogens with two attached hydrogens (primary N) is 1. The van der Waals surface area contributed by atoms with Crippen LogP contribution in [0.4, 0.5) is 5.69 Å². The predicted molar refractivity (Wildman–Crippen MR) is 85.0 cm³/mol. The van der Waals surface area contributed by atoms with Crippen molar-refractivity contribution in [1.29, 1.82) is 0 Å². The van der Waals surface area contributed by atoms with Crippen molar-refractivity contribution in [2.75, 3.05) is 12.8 Å². The molecule has 0 aliphatic heterocycles. The molecule has 0 aliphatic carbocycles. The largest absolute Gasteiger partial charge is 0.497 e. The van der Waals surface area contributed by atoms with E-state index in [2.05, 4.69) is 5.32 Å². The standard InChI is InChI=1S/C15H14Cl2N2O2/c1-21-11-4-2-9(3-5-11)8-19-15(20)10-6-12(16)14(18)13(17)7-10/h2-7H,8,18H2,1H3,(H,19,20). The minimum absolute atomic E-state index is 0.261. The van der Waals surface area contributed by atoms with E-state index in [1.807, 2.05) is 24.3 Å². The van der Waals surface area contributed by atoms with E-state index in [0.717, 1.165) is 11.3 Å². The number of carbonyl (C=O) groups excluding carboxylic acids is 1. The summed E-state index contributed by atoms with van der Waals surface area (Å²) in [6.07, 6.45) is 0. The Morgan fingerprint density at radius 2 is 1.76 bits per heavy atom. The maximum Gasteiger partial charge on any atom is 0.251 e. The minimum Gasteiger partial charge on any atom is -0.497 e. The van der Waals surface area contributed by atoms with Crippen LogP contribution in [0.5, 0.6) is 5.75 Å². The van der Waals surface area contributed by atoms with Gasteiger partial charge in [0, 0.05) is 12.1 Å². The van der Waals surface area contributed by atoms with Crippen LogP contribution < -0.4 is 15.8 Å². The lowest BCUT2D eigenvalue weighted by atomic mass is 10.1. The van der Waals surface area contributed by atoms with E-state index >= 15 is 0 Å². The number of rotatable bonds is 4. The van der Waals surface area contributed by atoms with Crippen LogP contribution in [0.25, 0.3) is 0 Å². The Morgan fingerprint density at radius 1 is 1.19 bits per heavy atom. The van der Waals surface area contributed by atoms with Crippen LogP contribution in [-0.4, -0.2) is 13.0 Å². The van der Waals surface area contributed by atoms with Crippen LogP contribution in [0, 0.1) is 0 Å². The van der Waals surface area contributed by atoms with Gasteiger partial charge in [0.15, 0.2) is 0 Å². The zero-order valence-corrected chi connectivity index (χ0v) is 12.8. The third kappa shape index (κ3) is 3.80. The van der Waals surface area contributed by atoms with E-state index < -0.39 is 0 Å². The fraction of sp³-hybridized carbons (Fsp3) is 0.133. The number of hydrogen-bond acceptors (Lipinski definition) is 3. The third-order valence-electron chi connectivity index (χ3n) is 2.95. The summed E-state index contributed by atoms with van der Waals surface area (Å²) in [4.78, 5) is 12.1. The zero-order valence-electron chi connectivity index (χ0n) is 11.3. The van der Waals surface area contributed by atoms with Gasteiger partial charge in [-0.3, -0.25) is 4.79 Å². The molecule has 0 saturated heterocycles. The van der Waals surface area contributed by atoms with Gasteiger partial charge < -0.3 is 15.8 Å². The topological polar surface area (TPSA) is 64.3 Å². The van der Waals surface area contributed by atoms with Gasteiger partial charge in [-0.1, -0.05) is 35.3 Å². The van der Waals surface area contributed by atoms with E-state index in [-0.39, 0.29) is 21.6 Å². The van der Waals surface area contributed by atoms with E-state index in [1.165, 1.54) is 12.1 Å². The number of amides is 1. The van der Waals surface area contributed by atoms with E-state index in [9.17, 15) is 4.79 Å². The molecule has 2 aromatic rings. The van der Waals surface area contributed by atoms with Crippen molar-refractivity contribution >= 4 is 34.8 Å². The highest BCUT2D eigenvalue weighted by atomic mass is 35.5. The van der Waals surface area contributed by atoms with Crippen LogP contribution in [0.1, 0.15) is 15.9 Å². The molecule has 0 radical (unpaired) electrons. The first kappa shape index (κ1) is 15.5. The van der Waals surface area contributed by atoms with Gasteiger partial charge in [-0.2, -0.15) is 0 Å². The van der Waals surface area contributed by atoms with Crippen molar-refractivity contribution in [3.63, 3.8) is 0 Å². The quantitative estimate of drug-likeness (QED) is 0.846. The number of benzene rings is 2. The highest BCUT2D eigenvalue weighted by molar-refractivity contribution is 6.39. The summed E-state index contributed by atoms with van der Waals surface area (Å²) in [5.74, 6) is 0.497. The van der Waals surface area contributed by atoms with Gasteiger partial charge in [0.1, 0.15) is 5.75 Å². The number of nitrogens with one attached hydrogen (secondary N) is 1. The Balaban J connectivity index is 2.04. The average Bonchev–Trinajstić information content (AvgIpc) is 2.50. The summed E-state index contributed by atoms with van der Waals surface area (Å²) in [6, 6.07) is 10.4. The second kappa shape index (κ2) is 6.70. The second-order valence-electron chi connectivity index (χ2n) is 4.38. The van der Waals surface area contributed by atoms with Gasteiger partial charge in [-0.15, -0.1) is 0 Å². The normalized spacial score (nSPS) is 10.2.